The van der Waals surface area contributed by atoms with Crippen molar-refractivity contribution < 1.29 is 27.5 Å². The van der Waals surface area contributed by atoms with E-state index in [1.165, 1.54) is 28.6 Å². The molecular weight excluding hydrogens is 408 g/mol. The van der Waals surface area contributed by atoms with Gasteiger partial charge >= 0.3 is 5.97 Å². The number of carbonyl (C=O) groups is 2. The number of esters is 1. The summed E-state index contributed by atoms with van der Waals surface area (Å²) >= 11 is 0. The topological polar surface area (TPSA) is 102 Å². The Bertz CT molecular complexity index is 952. The minimum atomic E-state index is -3.56. The Balaban J connectivity index is 1.86. The number of carbonyl (C=O) groups excluding carboxylic acids is 2. The number of nitrogens with one attached hydrogen (secondary N) is 1. The van der Waals surface area contributed by atoms with Crippen LogP contribution in [0.5, 0.6) is 5.75 Å². The summed E-state index contributed by atoms with van der Waals surface area (Å²) in [5.74, 6) is -0.365. The third-order valence-corrected chi connectivity index (χ3v) is 6.42. The lowest BCUT2D eigenvalue weighted by molar-refractivity contribution is -0.146. The SMILES string of the molecule is CCN(CC)S(=O)(=O)c1ccc(NC(=O)COC(=O)Cc2ccc(OC)cc2)cc1. The van der Waals surface area contributed by atoms with Crippen molar-refractivity contribution in [3.63, 3.8) is 0 Å². The van der Waals surface area contributed by atoms with E-state index in [-0.39, 0.29) is 11.3 Å². The first-order chi connectivity index (χ1) is 14.3. The molecule has 2 aromatic rings. The molecule has 0 fully saturated rings. The molecule has 0 radical (unpaired) electrons. The number of hydrogen-bond acceptors (Lipinski definition) is 6. The second-order valence-electron chi connectivity index (χ2n) is 6.35. The molecule has 2 aromatic carbocycles. The van der Waals surface area contributed by atoms with Crippen molar-refractivity contribution in [3.8, 4) is 5.75 Å². The average Bonchev–Trinajstić information content (AvgIpc) is 2.74. The summed E-state index contributed by atoms with van der Waals surface area (Å²) in [5.41, 5.74) is 1.15. The van der Waals surface area contributed by atoms with Gasteiger partial charge in [0.1, 0.15) is 5.75 Å². The Morgan fingerprint density at radius 1 is 0.967 bits per heavy atom. The summed E-state index contributed by atoms with van der Waals surface area (Å²) in [5, 5.41) is 2.57. The number of rotatable bonds is 10. The Morgan fingerprint density at radius 3 is 2.10 bits per heavy atom. The zero-order valence-corrected chi connectivity index (χ0v) is 18.1. The highest BCUT2D eigenvalue weighted by Crippen LogP contribution is 2.18. The molecule has 0 aliphatic rings. The highest BCUT2D eigenvalue weighted by atomic mass is 32.2. The summed E-state index contributed by atoms with van der Waals surface area (Å²) in [4.78, 5) is 24.0. The van der Waals surface area contributed by atoms with E-state index in [2.05, 4.69) is 5.32 Å². The van der Waals surface area contributed by atoms with Crippen LogP contribution in [0.15, 0.2) is 53.4 Å². The highest BCUT2D eigenvalue weighted by Gasteiger charge is 2.21. The Morgan fingerprint density at radius 2 is 1.57 bits per heavy atom. The van der Waals surface area contributed by atoms with Crippen LogP contribution in [0.4, 0.5) is 5.69 Å². The van der Waals surface area contributed by atoms with Crippen LogP contribution in [0.1, 0.15) is 19.4 Å². The summed E-state index contributed by atoms with van der Waals surface area (Å²) < 4.78 is 36.3. The molecule has 0 unspecified atom stereocenters. The van der Waals surface area contributed by atoms with Crippen molar-refractivity contribution in [1.82, 2.24) is 4.31 Å². The number of amides is 1. The summed E-state index contributed by atoms with van der Waals surface area (Å²) in [6.07, 6.45) is 0.0369. The van der Waals surface area contributed by atoms with Gasteiger partial charge in [-0.1, -0.05) is 26.0 Å². The molecule has 1 amide bonds. The summed E-state index contributed by atoms with van der Waals surface area (Å²) in [6, 6.07) is 12.8. The lowest BCUT2D eigenvalue weighted by Crippen LogP contribution is -2.30. The molecule has 0 atom stereocenters. The van der Waals surface area contributed by atoms with Gasteiger partial charge in [0.05, 0.1) is 18.4 Å². The van der Waals surface area contributed by atoms with Crippen LogP contribution in [-0.2, 0) is 30.8 Å². The van der Waals surface area contributed by atoms with E-state index in [9.17, 15) is 18.0 Å². The molecule has 0 aliphatic heterocycles. The fourth-order valence-corrected chi connectivity index (χ4v) is 4.19. The molecule has 30 heavy (non-hydrogen) atoms. The van der Waals surface area contributed by atoms with Gasteiger partial charge in [-0.3, -0.25) is 9.59 Å². The summed E-state index contributed by atoms with van der Waals surface area (Å²) in [6.45, 7) is 3.85. The lowest BCUT2D eigenvalue weighted by Gasteiger charge is -2.18. The zero-order valence-electron chi connectivity index (χ0n) is 17.3. The van der Waals surface area contributed by atoms with Crippen molar-refractivity contribution in [2.75, 3.05) is 32.1 Å². The maximum atomic E-state index is 12.5. The molecule has 0 aromatic heterocycles. The second kappa shape index (κ2) is 10.7. The standard InChI is InChI=1S/C21H26N2O6S/c1-4-23(5-2)30(26,27)19-12-8-17(9-13-19)22-20(24)15-29-21(25)14-16-6-10-18(28-3)11-7-16/h6-13H,4-5,14-15H2,1-3H3,(H,22,24). The first kappa shape index (κ1) is 23.4. The molecule has 2 rings (SSSR count). The normalized spacial score (nSPS) is 11.2. The van der Waals surface area contributed by atoms with Crippen LogP contribution in [0.2, 0.25) is 0 Å². The van der Waals surface area contributed by atoms with Crippen LogP contribution < -0.4 is 10.1 Å². The van der Waals surface area contributed by atoms with Gasteiger partial charge in [-0.2, -0.15) is 4.31 Å². The molecule has 9 heteroatoms. The Labute approximate surface area is 176 Å². The molecule has 0 heterocycles. The molecule has 0 saturated heterocycles. The molecule has 0 saturated carbocycles. The predicted molar refractivity (Wildman–Crippen MR) is 113 cm³/mol. The van der Waals surface area contributed by atoms with E-state index in [1.807, 2.05) is 0 Å². The fraction of sp³-hybridized carbons (Fsp3) is 0.333. The van der Waals surface area contributed by atoms with Crippen molar-refractivity contribution in [3.05, 3.63) is 54.1 Å². The van der Waals surface area contributed by atoms with Gasteiger partial charge in [-0.05, 0) is 42.0 Å². The monoisotopic (exact) mass is 434 g/mol. The van der Waals surface area contributed by atoms with E-state index >= 15 is 0 Å². The molecular formula is C21H26N2O6S. The maximum absolute atomic E-state index is 12.5. The Hall–Kier alpha value is -2.91. The molecule has 8 nitrogen and oxygen atoms in total. The molecule has 0 spiro atoms. The number of hydrogen-bond donors (Lipinski definition) is 1. The van der Waals surface area contributed by atoms with E-state index in [0.29, 0.717) is 24.5 Å². The van der Waals surface area contributed by atoms with Gasteiger partial charge < -0.3 is 14.8 Å². The highest BCUT2D eigenvalue weighted by molar-refractivity contribution is 7.89. The number of benzene rings is 2. The third-order valence-electron chi connectivity index (χ3n) is 4.35. The van der Waals surface area contributed by atoms with Crippen molar-refractivity contribution in [2.24, 2.45) is 0 Å². The first-order valence-electron chi connectivity index (χ1n) is 9.48. The van der Waals surface area contributed by atoms with Gasteiger partial charge in [0.15, 0.2) is 6.61 Å². The van der Waals surface area contributed by atoms with Crippen LogP contribution in [-0.4, -0.2) is 51.4 Å². The van der Waals surface area contributed by atoms with E-state index in [0.717, 1.165) is 5.56 Å². The lowest BCUT2D eigenvalue weighted by atomic mass is 10.1. The molecule has 1 N–H and O–H groups in total. The van der Waals surface area contributed by atoms with E-state index in [1.54, 1.807) is 45.2 Å². The second-order valence-corrected chi connectivity index (χ2v) is 8.29. The van der Waals surface area contributed by atoms with Crippen molar-refractivity contribution in [2.45, 2.75) is 25.2 Å². The number of sulfonamides is 1. The molecule has 162 valence electrons. The Kier molecular flexibility index (Phi) is 8.37. The van der Waals surface area contributed by atoms with Crippen LogP contribution in [0.3, 0.4) is 0 Å². The average molecular weight is 435 g/mol. The summed E-state index contributed by atoms with van der Waals surface area (Å²) in [7, 11) is -2.00. The van der Waals surface area contributed by atoms with E-state index < -0.39 is 28.5 Å². The van der Waals surface area contributed by atoms with E-state index in [4.69, 9.17) is 9.47 Å². The maximum Gasteiger partial charge on any atom is 0.310 e. The smallest absolute Gasteiger partial charge is 0.310 e. The van der Waals surface area contributed by atoms with Crippen LogP contribution >= 0.6 is 0 Å². The van der Waals surface area contributed by atoms with Crippen molar-refractivity contribution in [1.29, 1.82) is 0 Å². The van der Waals surface area contributed by atoms with Crippen LogP contribution in [0, 0.1) is 0 Å². The molecule has 0 bridgehead atoms. The van der Waals surface area contributed by atoms with Gasteiger partial charge in [-0.15, -0.1) is 0 Å². The van der Waals surface area contributed by atoms with Crippen molar-refractivity contribution >= 4 is 27.6 Å². The molecule has 0 aliphatic carbocycles. The minimum Gasteiger partial charge on any atom is -0.497 e. The predicted octanol–water partition coefficient (Wildman–Crippen LogP) is 2.45. The zero-order chi connectivity index (χ0) is 22.1. The third kappa shape index (κ3) is 6.30. The first-order valence-corrected chi connectivity index (χ1v) is 10.9. The van der Waals surface area contributed by atoms with Gasteiger partial charge in [-0.25, -0.2) is 8.42 Å². The van der Waals surface area contributed by atoms with Gasteiger partial charge in [0.2, 0.25) is 10.0 Å². The number of methoxy groups -OCH3 is 1. The van der Waals surface area contributed by atoms with Gasteiger partial charge in [0.25, 0.3) is 5.91 Å². The quantitative estimate of drug-likeness (QED) is 0.577. The van der Waals surface area contributed by atoms with Gasteiger partial charge in [0, 0.05) is 18.8 Å². The number of ether oxygens (including phenoxy) is 2. The number of anilines is 1. The largest absolute Gasteiger partial charge is 0.497 e. The minimum absolute atomic E-state index is 0.0369. The van der Waals surface area contributed by atoms with Crippen LogP contribution in [0.25, 0.3) is 0 Å². The fourth-order valence-electron chi connectivity index (χ4n) is 2.73. The number of nitrogens with zero attached hydrogens (tertiary/aromatic N) is 1.